The van der Waals surface area contributed by atoms with Gasteiger partial charge >= 0.3 is 0 Å². The zero-order valence-corrected chi connectivity index (χ0v) is 16.6. The minimum Gasteiger partial charge on any atom is -0.336 e. The highest BCUT2D eigenvalue weighted by atomic mass is 35.5. The largest absolute Gasteiger partial charge is 0.336 e. The van der Waals surface area contributed by atoms with Gasteiger partial charge in [-0.05, 0) is 19.1 Å². The van der Waals surface area contributed by atoms with Gasteiger partial charge in [-0.15, -0.1) is 0 Å². The molecule has 2 aromatic rings. The molecule has 1 fully saturated rings. The van der Waals surface area contributed by atoms with E-state index in [0.29, 0.717) is 11.3 Å². The normalized spacial score (nSPS) is 16.1. The van der Waals surface area contributed by atoms with Crippen molar-refractivity contribution in [3.05, 3.63) is 45.7 Å². The van der Waals surface area contributed by atoms with Crippen molar-refractivity contribution < 1.29 is 13.2 Å². The molecule has 0 bridgehead atoms. The Kier molecular flexibility index (Phi) is 5.30. The third-order valence-corrected chi connectivity index (χ3v) is 7.18. The van der Waals surface area contributed by atoms with Crippen LogP contribution in [-0.2, 0) is 17.1 Å². The van der Waals surface area contributed by atoms with Crippen LogP contribution in [0.5, 0.6) is 0 Å². The van der Waals surface area contributed by atoms with Crippen LogP contribution in [0.4, 0.5) is 0 Å². The molecule has 1 aromatic carbocycles. The van der Waals surface area contributed by atoms with Crippen LogP contribution in [0.3, 0.4) is 0 Å². The van der Waals surface area contributed by atoms with E-state index in [4.69, 9.17) is 23.2 Å². The lowest BCUT2D eigenvalue weighted by Gasteiger charge is -2.34. The summed E-state index contributed by atoms with van der Waals surface area (Å²) in [5.74, 6) is -0.240. The van der Waals surface area contributed by atoms with E-state index >= 15 is 0 Å². The summed E-state index contributed by atoms with van der Waals surface area (Å²) in [6, 6.07) is 6.33. The maximum absolute atomic E-state index is 12.8. The van der Waals surface area contributed by atoms with Crippen molar-refractivity contribution in [1.82, 2.24) is 19.0 Å². The van der Waals surface area contributed by atoms with E-state index in [0.717, 1.165) is 0 Å². The number of aryl methyl sites for hydroxylation is 2. The molecule has 0 atom stereocenters. The van der Waals surface area contributed by atoms with E-state index in [2.05, 4.69) is 5.10 Å². The minimum atomic E-state index is -3.70. The van der Waals surface area contributed by atoms with Crippen molar-refractivity contribution in [1.29, 1.82) is 0 Å². The van der Waals surface area contributed by atoms with Crippen molar-refractivity contribution >= 4 is 39.1 Å². The third kappa shape index (κ3) is 3.34. The zero-order chi connectivity index (χ0) is 19.1. The number of hydrogen-bond acceptors (Lipinski definition) is 4. The first kappa shape index (κ1) is 19.2. The van der Waals surface area contributed by atoms with E-state index < -0.39 is 10.0 Å². The van der Waals surface area contributed by atoms with Crippen LogP contribution in [0.2, 0.25) is 10.2 Å². The monoisotopic (exact) mass is 416 g/mol. The Morgan fingerprint density at radius 2 is 1.73 bits per heavy atom. The van der Waals surface area contributed by atoms with Gasteiger partial charge in [0.05, 0.1) is 16.3 Å². The standard InChI is InChI=1S/C16H18Cl2N4O3S/c1-11-14(15(18)20(2)19-11)16(23)21-7-9-22(10-8-21)26(24,25)13-6-4-3-5-12(13)17/h3-6H,7-10H2,1-2H3. The molecule has 2 heterocycles. The molecule has 26 heavy (non-hydrogen) atoms. The fraction of sp³-hybridized carbons (Fsp3) is 0.375. The van der Waals surface area contributed by atoms with Gasteiger partial charge in [-0.25, -0.2) is 8.42 Å². The molecule has 1 aliphatic rings. The molecule has 1 saturated heterocycles. The van der Waals surface area contributed by atoms with Gasteiger partial charge in [0.15, 0.2) is 0 Å². The van der Waals surface area contributed by atoms with Gasteiger partial charge in [-0.1, -0.05) is 35.3 Å². The number of carbonyl (C=O) groups is 1. The predicted octanol–water partition coefficient (Wildman–Crippen LogP) is 2.18. The highest BCUT2D eigenvalue weighted by Gasteiger charge is 2.33. The first-order valence-electron chi connectivity index (χ1n) is 7.96. The number of sulfonamides is 1. The number of rotatable bonds is 3. The summed E-state index contributed by atoms with van der Waals surface area (Å²) in [5.41, 5.74) is 0.908. The predicted molar refractivity (Wildman–Crippen MR) is 99.1 cm³/mol. The van der Waals surface area contributed by atoms with Crippen molar-refractivity contribution in [3.8, 4) is 0 Å². The van der Waals surface area contributed by atoms with Crippen LogP contribution in [-0.4, -0.2) is 59.5 Å². The minimum absolute atomic E-state index is 0.0765. The molecule has 0 spiro atoms. The molecule has 3 rings (SSSR count). The second-order valence-electron chi connectivity index (χ2n) is 6.00. The molecule has 7 nitrogen and oxygen atoms in total. The van der Waals surface area contributed by atoms with E-state index in [9.17, 15) is 13.2 Å². The Labute approximate surface area is 162 Å². The number of piperazine rings is 1. The first-order valence-corrected chi connectivity index (χ1v) is 10.2. The SMILES string of the molecule is Cc1nn(C)c(Cl)c1C(=O)N1CCN(S(=O)(=O)c2ccccc2Cl)CC1. The second-order valence-corrected chi connectivity index (χ2v) is 8.67. The number of aromatic nitrogens is 2. The Hall–Kier alpha value is -1.61. The van der Waals surface area contributed by atoms with E-state index in [1.54, 1.807) is 37.1 Å². The van der Waals surface area contributed by atoms with E-state index in [1.807, 2.05) is 0 Å². The highest BCUT2D eigenvalue weighted by Crippen LogP contribution is 2.26. The smallest absolute Gasteiger partial charge is 0.258 e. The molecule has 1 amide bonds. The Balaban J connectivity index is 1.75. The van der Waals surface area contributed by atoms with Crippen LogP contribution in [0.15, 0.2) is 29.2 Å². The van der Waals surface area contributed by atoms with Gasteiger partial charge in [-0.2, -0.15) is 9.40 Å². The molecule has 0 aliphatic carbocycles. The van der Waals surface area contributed by atoms with Gasteiger partial charge in [0, 0.05) is 33.2 Å². The number of carbonyl (C=O) groups excluding carboxylic acids is 1. The molecular weight excluding hydrogens is 399 g/mol. The van der Waals surface area contributed by atoms with Crippen LogP contribution in [0, 0.1) is 6.92 Å². The Morgan fingerprint density at radius 1 is 1.12 bits per heavy atom. The summed E-state index contributed by atoms with van der Waals surface area (Å²) in [6.07, 6.45) is 0. The van der Waals surface area contributed by atoms with Crippen molar-refractivity contribution in [2.45, 2.75) is 11.8 Å². The maximum Gasteiger partial charge on any atom is 0.258 e. The molecule has 0 N–H and O–H groups in total. The van der Waals surface area contributed by atoms with Crippen molar-refractivity contribution in [2.75, 3.05) is 26.2 Å². The van der Waals surface area contributed by atoms with Gasteiger partial charge < -0.3 is 4.90 Å². The lowest BCUT2D eigenvalue weighted by Crippen LogP contribution is -2.50. The van der Waals surface area contributed by atoms with Crippen LogP contribution >= 0.6 is 23.2 Å². The summed E-state index contributed by atoms with van der Waals surface area (Å²) in [7, 11) is -2.03. The van der Waals surface area contributed by atoms with Gasteiger partial charge in [-0.3, -0.25) is 9.48 Å². The number of halogens is 2. The lowest BCUT2D eigenvalue weighted by atomic mass is 10.2. The lowest BCUT2D eigenvalue weighted by molar-refractivity contribution is 0.0697. The molecule has 10 heteroatoms. The average molecular weight is 417 g/mol. The van der Waals surface area contributed by atoms with Crippen molar-refractivity contribution in [2.24, 2.45) is 7.05 Å². The van der Waals surface area contributed by atoms with E-state index in [-0.39, 0.29) is 47.2 Å². The number of amides is 1. The highest BCUT2D eigenvalue weighted by molar-refractivity contribution is 7.89. The first-order chi connectivity index (χ1) is 12.2. The topological polar surface area (TPSA) is 75.5 Å². The summed E-state index contributed by atoms with van der Waals surface area (Å²) in [6.45, 7) is 2.64. The van der Waals surface area contributed by atoms with Gasteiger partial charge in [0.2, 0.25) is 10.0 Å². The van der Waals surface area contributed by atoms with E-state index in [1.165, 1.54) is 15.1 Å². The molecule has 140 valence electrons. The quantitative estimate of drug-likeness (QED) is 0.768. The van der Waals surface area contributed by atoms with Crippen LogP contribution in [0.1, 0.15) is 16.1 Å². The van der Waals surface area contributed by atoms with Crippen LogP contribution in [0.25, 0.3) is 0 Å². The molecule has 0 unspecified atom stereocenters. The number of nitrogens with zero attached hydrogens (tertiary/aromatic N) is 4. The fourth-order valence-electron chi connectivity index (χ4n) is 2.96. The second kappa shape index (κ2) is 7.19. The molecule has 0 radical (unpaired) electrons. The summed E-state index contributed by atoms with van der Waals surface area (Å²) in [5, 5.41) is 4.61. The fourth-order valence-corrected chi connectivity index (χ4v) is 5.13. The van der Waals surface area contributed by atoms with Gasteiger partial charge in [0.1, 0.15) is 10.0 Å². The number of hydrogen-bond donors (Lipinski definition) is 0. The molecule has 1 aliphatic heterocycles. The van der Waals surface area contributed by atoms with Crippen molar-refractivity contribution in [3.63, 3.8) is 0 Å². The molecular formula is C16H18Cl2N4O3S. The average Bonchev–Trinajstić information content (AvgIpc) is 2.87. The Bertz CT molecular complexity index is 950. The van der Waals surface area contributed by atoms with Crippen LogP contribution < -0.4 is 0 Å². The zero-order valence-electron chi connectivity index (χ0n) is 14.3. The summed E-state index contributed by atoms with van der Waals surface area (Å²) in [4.78, 5) is 14.4. The third-order valence-electron chi connectivity index (χ3n) is 4.35. The maximum atomic E-state index is 12.8. The molecule has 1 aromatic heterocycles. The Morgan fingerprint density at radius 3 is 2.27 bits per heavy atom. The molecule has 0 saturated carbocycles. The number of benzene rings is 1. The summed E-state index contributed by atoms with van der Waals surface area (Å²) < 4.78 is 28.3. The van der Waals surface area contributed by atoms with Gasteiger partial charge in [0.25, 0.3) is 5.91 Å². The summed E-state index contributed by atoms with van der Waals surface area (Å²) >= 11 is 12.2.